The first-order valence-corrected chi connectivity index (χ1v) is 13.2. The third kappa shape index (κ3) is 4.68. The van der Waals surface area contributed by atoms with Crippen LogP contribution in [0.1, 0.15) is 32.8 Å². The van der Waals surface area contributed by atoms with Gasteiger partial charge in [-0.1, -0.05) is 29.8 Å². The highest BCUT2D eigenvalue weighted by molar-refractivity contribution is 7.92. The number of nitrogens with zero attached hydrogens (tertiary/aromatic N) is 1. The summed E-state index contributed by atoms with van der Waals surface area (Å²) in [5.74, 6) is -1.09. The summed E-state index contributed by atoms with van der Waals surface area (Å²) < 4.78 is 33.1. The highest BCUT2D eigenvalue weighted by atomic mass is 35.5. The zero-order chi connectivity index (χ0) is 24.5. The minimum atomic E-state index is -4.06. The number of carbonyl (C=O) groups is 2. The van der Waals surface area contributed by atoms with Crippen molar-refractivity contribution >= 4 is 55.5 Å². The number of thiophene rings is 1. The van der Waals surface area contributed by atoms with Crippen molar-refractivity contribution in [3.05, 3.63) is 75.1 Å². The summed E-state index contributed by atoms with van der Waals surface area (Å²) in [4.78, 5) is 26.7. The molecule has 0 fully saturated rings. The smallest absolute Gasteiger partial charge is 0.341 e. The van der Waals surface area contributed by atoms with Crippen LogP contribution < -0.4 is 9.62 Å². The Labute approximate surface area is 207 Å². The van der Waals surface area contributed by atoms with Crippen LogP contribution in [-0.2, 0) is 32.4 Å². The van der Waals surface area contributed by atoms with E-state index in [-0.39, 0.29) is 4.90 Å². The van der Waals surface area contributed by atoms with Crippen LogP contribution in [0.15, 0.2) is 53.4 Å². The van der Waals surface area contributed by atoms with E-state index in [2.05, 4.69) is 5.32 Å². The fourth-order valence-electron chi connectivity index (χ4n) is 4.02. The standard InChI is InChI=1S/C24H23ClN2O5S2/c1-15-13-16(25)11-12-19(15)27(34(30,31)17-7-4-3-5-8-17)14-21(28)26-23-22(24(29)32-2)18-9-6-10-20(18)33-23/h3-5,7-8,11-13H,6,9-10,14H2,1-2H3,(H,26,28). The minimum absolute atomic E-state index is 0.0579. The quantitative estimate of drug-likeness (QED) is 0.453. The van der Waals surface area contributed by atoms with Gasteiger partial charge in [-0.2, -0.15) is 0 Å². The fraction of sp³-hybridized carbons (Fsp3) is 0.250. The Morgan fingerprint density at radius 1 is 1.15 bits per heavy atom. The molecule has 7 nitrogen and oxygen atoms in total. The number of methoxy groups -OCH3 is 1. The highest BCUT2D eigenvalue weighted by Gasteiger charge is 2.31. The van der Waals surface area contributed by atoms with E-state index in [0.29, 0.717) is 26.8 Å². The van der Waals surface area contributed by atoms with Gasteiger partial charge in [-0.3, -0.25) is 9.10 Å². The first-order valence-electron chi connectivity index (χ1n) is 10.6. The maximum Gasteiger partial charge on any atom is 0.341 e. The molecule has 1 aromatic heterocycles. The average molecular weight is 519 g/mol. The molecule has 34 heavy (non-hydrogen) atoms. The summed E-state index contributed by atoms with van der Waals surface area (Å²) in [6.07, 6.45) is 2.52. The Bertz CT molecular complexity index is 1350. The van der Waals surface area contributed by atoms with Crippen molar-refractivity contribution in [2.75, 3.05) is 23.3 Å². The van der Waals surface area contributed by atoms with Gasteiger partial charge in [0.1, 0.15) is 11.5 Å². The molecule has 1 heterocycles. The number of rotatable bonds is 7. The zero-order valence-electron chi connectivity index (χ0n) is 18.6. The number of nitrogens with one attached hydrogen (secondary N) is 1. The van der Waals surface area contributed by atoms with Gasteiger partial charge in [0, 0.05) is 9.90 Å². The van der Waals surface area contributed by atoms with Gasteiger partial charge in [-0.15, -0.1) is 11.3 Å². The van der Waals surface area contributed by atoms with Crippen molar-refractivity contribution in [2.45, 2.75) is 31.1 Å². The number of esters is 1. The molecule has 1 aliphatic rings. The van der Waals surface area contributed by atoms with Gasteiger partial charge in [-0.05, 0) is 67.6 Å². The molecule has 4 rings (SSSR count). The molecule has 178 valence electrons. The SMILES string of the molecule is COC(=O)c1c(NC(=O)CN(c2ccc(Cl)cc2C)S(=O)(=O)c2ccccc2)sc2c1CCC2. The van der Waals surface area contributed by atoms with Crippen molar-refractivity contribution in [2.24, 2.45) is 0 Å². The number of hydrogen-bond donors (Lipinski definition) is 1. The van der Waals surface area contributed by atoms with Crippen LogP contribution in [0, 0.1) is 6.92 Å². The maximum atomic E-state index is 13.5. The Kier molecular flexibility index (Phi) is 6.97. The van der Waals surface area contributed by atoms with Gasteiger partial charge in [0.2, 0.25) is 5.91 Å². The second-order valence-corrected chi connectivity index (χ2v) is 11.3. The molecule has 3 aromatic rings. The molecule has 0 aliphatic heterocycles. The molecule has 0 radical (unpaired) electrons. The first kappa shape index (κ1) is 24.3. The first-order chi connectivity index (χ1) is 16.2. The normalized spacial score (nSPS) is 12.8. The number of carbonyl (C=O) groups excluding carboxylic acids is 2. The van der Waals surface area contributed by atoms with Gasteiger partial charge in [0.15, 0.2) is 0 Å². The third-order valence-electron chi connectivity index (χ3n) is 5.61. The predicted molar refractivity (Wildman–Crippen MR) is 133 cm³/mol. The Morgan fingerprint density at radius 2 is 1.88 bits per heavy atom. The fourth-order valence-corrected chi connectivity index (χ4v) is 7.05. The van der Waals surface area contributed by atoms with E-state index in [1.807, 2.05) is 0 Å². The monoisotopic (exact) mass is 518 g/mol. The van der Waals surface area contributed by atoms with Gasteiger partial charge >= 0.3 is 5.97 Å². The minimum Gasteiger partial charge on any atom is -0.465 e. The lowest BCUT2D eigenvalue weighted by atomic mass is 10.1. The van der Waals surface area contributed by atoms with Crippen LogP contribution in [0.25, 0.3) is 0 Å². The summed E-state index contributed by atoms with van der Waals surface area (Å²) in [7, 11) is -2.77. The van der Waals surface area contributed by atoms with Crippen molar-refractivity contribution < 1.29 is 22.7 Å². The van der Waals surface area contributed by atoms with E-state index in [9.17, 15) is 18.0 Å². The largest absolute Gasteiger partial charge is 0.465 e. The predicted octanol–water partition coefficient (Wildman–Crippen LogP) is 4.82. The number of anilines is 2. The maximum absolute atomic E-state index is 13.5. The summed E-state index contributed by atoms with van der Waals surface area (Å²) in [5, 5.41) is 3.59. The molecule has 0 atom stereocenters. The number of fused-ring (bicyclic) bond motifs is 1. The number of halogens is 1. The highest BCUT2D eigenvalue weighted by Crippen LogP contribution is 2.39. The van der Waals surface area contributed by atoms with E-state index < -0.39 is 28.4 Å². The lowest BCUT2D eigenvalue weighted by molar-refractivity contribution is -0.114. The molecule has 0 saturated heterocycles. The molecular weight excluding hydrogens is 496 g/mol. The van der Waals surface area contributed by atoms with E-state index in [0.717, 1.165) is 34.0 Å². The molecule has 1 N–H and O–H groups in total. The molecule has 0 unspecified atom stereocenters. The van der Waals surface area contributed by atoms with Crippen LogP contribution in [-0.4, -0.2) is 33.9 Å². The third-order valence-corrected chi connectivity index (χ3v) is 8.83. The van der Waals surface area contributed by atoms with Gasteiger partial charge < -0.3 is 10.1 Å². The number of benzene rings is 2. The van der Waals surface area contributed by atoms with Crippen molar-refractivity contribution in [1.29, 1.82) is 0 Å². The van der Waals surface area contributed by atoms with Crippen molar-refractivity contribution in [3.63, 3.8) is 0 Å². The van der Waals surface area contributed by atoms with Crippen LogP contribution in [0.5, 0.6) is 0 Å². The van der Waals surface area contributed by atoms with E-state index in [1.165, 1.54) is 30.6 Å². The summed E-state index contributed by atoms with van der Waals surface area (Å²) >= 11 is 7.41. The molecule has 1 aliphatic carbocycles. The number of sulfonamides is 1. The number of ether oxygens (including phenoxy) is 1. The zero-order valence-corrected chi connectivity index (χ0v) is 21.0. The molecule has 1 amide bonds. The number of amides is 1. The van der Waals surface area contributed by atoms with E-state index in [4.69, 9.17) is 16.3 Å². The van der Waals surface area contributed by atoms with Crippen LogP contribution in [0.3, 0.4) is 0 Å². The van der Waals surface area contributed by atoms with E-state index in [1.54, 1.807) is 43.3 Å². The molecule has 2 aromatic carbocycles. The van der Waals surface area contributed by atoms with Gasteiger partial charge in [-0.25, -0.2) is 13.2 Å². The Hall–Kier alpha value is -2.88. The lowest BCUT2D eigenvalue weighted by Gasteiger charge is -2.25. The molecule has 10 heteroatoms. The number of aryl methyl sites for hydroxylation is 2. The molecule has 0 spiro atoms. The second-order valence-electron chi connectivity index (χ2n) is 7.86. The lowest BCUT2D eigenvalue weighted by Crippen LogP contribution is -2.38. The average Bonchev–Trinajstić information content (AvgIpc) is 3.39. The number of hydrogen-bond acceptors (Lipinski definition) is 6. The van der Waals surface area contributed by atoms with Crippen LogP contribution >= 0.6 is 22.9 Å². The second kappa shape index (κ2) is 9.77. The summed E-state index contributed by atoms with van der Waals surface area (Å²) in [6, 6.07) is 12.7. The van der Waals surface area contributed by atoms with Crippen LogP contribution in [0.2, 0.25) is 5.02 Å². The summed E-state index contributed by atoms with van der Waals surface area (Å²) in [5.41, 5.74) is 2.19. The topological polar surface area (TPSA) is 92.8 Å². The van der Waals surface area contributed by atoms with Gasteiger partial charge in [0.05, 0.1) is 23.3 Å². The van der Waals surface area contributed by atoms with Gasteiger partial charge in [0.25, 0.3) is 10.0 Å². The van der Waals surface area contributed by atoms with Crippen molar-refractivity contribution in [1.82, 2.24) is 0 Å². The van der Waals surface area contributed by atoms with Crippen molar-refractivity contribution in [3.8, 4) is 0 Å². The molecule has 0 saturated carbocycles. The molecule has 0 bridgehead atoms. The van der Waals surface area contributed by atoms with Crippen LogP contribution in [0.4, 0.5) is 10.7 Å². The van der Waals surface area contributed by atoms with E-state index >= 15 is 0 Å². The summed E-state index contributed by atoms with van der Waals surface area (Å²) in [6.45, 7) is 1.24. The Balaban J connectivity index is 1.69. The Morgan fingerprint density at radius 3 is 2.56 bits per heavy atom. The molecular formula is C24H23ClN2O5S2.